The number of rotatable bonds is 7. The fourth-order valence-corrected chi connectivity index (χ4v) is 2.98. The molecule has 5 heteroatoms. The molecular weight excluding hydrogens is 234 g/mol. The van der Waals surface area contributed by atoms with Crippen LogP contribution >= 0.6 is 11.3 Å². The van der Waals surface area contributed by atoms with E-state index in [2.05, 4.69) is 15.8 Å². The first-order valence-electron chi connectivity index (χ1n) is 6.23. The Hall–Kier alpha value is -0.490. The lowest BCUT2D eigenvalue weighted by Crippen LogP contribution is -2.47. The van der Waals surface area contributed by atoms with Crippen LogP contribution in [0.2, 0.25) is 0 Å². The van der Waals surface area contributed by atoms with Crippen molar-refractivity contribution < 1.29 is 4.74 Å². The summed E-state index contributed by atoms with van der Waals surface area (Å²) in [4.78, 5) is 4.49. The van der Waals surface area contributed by atoms with Crippen LogP contribution in [0.15, 0.2) is 5.38 Å². The van der Waals surface area contributed by atoms with Gasteiger partial charge in [-0.3, -0.25) is 11.3 Å². The molecule has 1 fully saturated rings. The fraction of sp³-hybridized carbons (Fsp3) is 0.750. The number of aryl methyl sites for hydroxylation is 1. The Labute approximate surface area is 107 Å². The second-order valence-corrected chi connectivity index (χ2v) is 5.56. The highest BCUT2D eigenvalue weighted by Crippen LogP contribution is 2.36. The Morgan fingerprint density at radius 3 is 2.88 bits per heavy atom. The molecule has 0 bridgehead atoms. The highest BCUT2D eigenvalue weighted by molar-refractivity contribution is 7.09. The third kappa shape index (κ3) is 3.48. The average molecular weight is 255 g/mol. The van der Waals surface area contributed by atoms with Crippen molar-refractivity contribution in [1.82, 2.24) is 10.4 Å². The van der Waals surface area contributed by atoms with E-state index < -0.39 is 0 Å². The number of hydrogen-bond acceptors (Lipinski definition) is 5. The van der Waals surface area contributed by atoms with Gasteiger partial charge in [-0.25, -0.2) is 4.98 Å². The summed E-state index contributed by atoms with van der Waals surface area (Å²) in [6.45, 7) is 4.80. The predicted molar refractivity (Wildman–Crippen MR) is 69.8 cm³/mol. The minimum atomic E-state index is 0.174. The van der Waals surface area contributed by atoms with Crippen LogP contribution in [0.1, 0.15) is 30.5 Å². The van der Waals surface area contributed by atoms with Crippen LogP contribution in [0, 0.1) is 12.8 Å². The smallest absolute Gasteiger partial charge is 0.0945 e. The highest BCUT2D eigenvalue weighted by atomic mass is 32.1. The lowest BCUT2D eigenvalue weighted by Gasteiger charge is -2.25. The highest BCUT2D eigenvalue weighted by Gasteiger charge is 2.37. The number of aromatic nitrogens is 1. The Morgan fingerprint density at radius 1 is 1.65 bits per heavy atom. The Balaban J connectivity index is 1.98. The third-order valence-corrected chi connectivity index (χ3v) is 4.11. The molecule has 17 heavy (non-hydrogen) atoms. The number of hydrazine groups is 1. The van der Waals surface area contributed by atoms with Crippen molar-refractivity contribution in [2.24, 2.45) is 11.8 Å². The van der Waals surface area contributed by atoms with Crippen molar-refractivity contribution in [3.05, 3.63) is 16.1 Å². The number of nitrogens with zero attached hydrogens (tertiary/aromatic N) is 1. The second kappa shape index (κ2) is 5.91. The second-order valence-electron chi connectivity index (χ2n) is 4.62. The zero-order valence-corrected chi connectivity index (χ0v) is 11.3. The monoisotopic (exact) mass is 255 g/mol. The van der Waals surface area contributed by atoms with Crippen LogP contribution in [-0.4, -0.2) is 23.7 Å². The molecule has 1 saturated carbocycles. The fourth-order valence-electron chi connectivity index (χ4n) is 2.15. The topological polar surface area (TPSA) is 60.2 Å². The van der Waals surface area contributed by atoms with Crippen LogP contribution < -0.4 is 11.3 Å². The SMILES string of the molecule is CCOC(C1CC1)C(Cc1nc(C)cs1)NN. The zero-order chi connectivity index (χ0) is 12.3. The van der Waals surface area contributed by atoms with Crippen LogP contribution in [0.4, 0.5) is 0 Å². The molecule has 1 aliphatic carbocycles. The normalized spacial score (nSPS) is 19.2. The van der Waals surface area contributed by atoms with E-state index in [1.807, 2.05) is 13.8 Å². The quantitative estimate of drug-likeness (QED) is 0.574. The van der Waals surface area contributed by atoms with Gasteiger partial charge in [0.15, 0.2) is 0 Å². The summed E-state index contributed by atoms with van der Waals surface area (Å²) in [6, 6.07) is 0.174. The summed E-state index contributed by atoms with van der Waals surface area (Å²) in [5.41, 5.74) is 3.99. The summed E-state index contributed by atoms with van der Waals surface area (Å²) >= 11 is 1.70. The molecule has 4 nitrogen and oxygen atoms in total. The standard InChI is InChI=1S/C12H21N3OS/c1-3-16-12(9-4-5-9)10(15-13)6-11-14-8(2)7-17-11/h7,9-10,12,15H,3-6,13H2,1-2H3. The minimum Gasteiger partial charge on any atom is -0.377 e. The maximum atomic E-state index is 5.83. The van der Waals surface area contributed by atoms with E-state index in [0.717, 1.165) is 23.7 Å². The van der Waals surface area contributed by atoms with Crippen LogP contribution in [0.25, 0.3) is 0 Å². The van der Waals surface area contributed by atoms with Crippen molar-refractivity contribution >= 4 is 11.3 Å². The Bertz CT molecular complexity index is 351. The van der Waals surface area contributed by atoms with Gasteiger partial charge in [-0.2, -0.15) is 0 Å². The molecule has 2 unspecified atom stereocenters. The largest absolute Gasteiger partial charge is 0.377 e. The molecular formula is C12H21N3OS. The van der Waals surface area contributed by atoms with Gasteiger partial charge in [0.25, 0.3) is 0 Å². The maximum Gasteiger partial charge on any atom is 0.0945 e. The lowest BCUT2D eigenvalue weighted by atomic mass is 10.0. The van der Waals surface area contributed by atoms with Gasteiger partial charge in [0.1, 0.15) is 0 Å². The summed E-state index contributed by atoms with van der Waals surface area (Å²) in [7, 11) is 0. The van der Waals surface area contributed by atoms with Gasteiger partial charge in [0, 0.05) is 24.1 Å². The maximum absolute atomic E-state index is 5.83. The minimum absolute atomic E-state index is 0.174. The molecule has 0 spiro atoms. The lowest BCUT2D eigenvalue weighted by molar-refractivity contribution is 0.0192. The van der Waals surface area contributed by atoms with Crippen molar-refractivity contribution in [3.63, 3.8) is 0 Å². The van der Waals surface area contributed by atoms with Gasteiger partial charge in [-0.05, 0) is 32.6 Å². The Kier molecular flexibility index (Phi) is 4.50. The molecule has 2 rings (SSSR count). The molecule has 0 aromatic carbocycles. The van der Waals surface area contributed by atoms with Crippen molar-refractivity contribution in [2.75, 3.05) is 6.61 Å². The first kappa shape index (κ1) is 13.0. The van der Waals surface area contributed by atoms with E-state index in [1.165, 1.54) is 12.8 Å². The molecule has 1 heterocycles. The first-order valence-corrected chi connectivity index (χ1v) is 7.11. The number of nitrogens with two attached hydrogens (primary N) is 1. The average Bonchev–Trinajstić information content (AvgIpc) is 3.07. The molecule has 3 N–H and O–H groups in total. The summed E-state index contributed by atoms with van der Waals surface area (Å²) < 4.78 is 5.83. The predicted octanol–water partition coefficient (Wildman–Crippen LogP) is 1.64. The summed E-state index contributed by atoms with van der Waals surface area (Å²) in [5.74, 6) is 6.35. The van der Waals surface area contributed by atoms with Crippen molar-refractivity contribution in [2.45, 2.75) is 45.3 Å². The molecule has 0 aliphatic heterocycles. The van der Waals surface area contributed by atoms with E-state index in [0.29, 0.717) is 5.92 Å². The van der Waals surface area contributed by atoms with E-state index >= 15 is 0 Å². The van der Waals surface area contributed by atoms with E-state index in [9.17, 15) is 0 Å². The van der Waals surface area contributed by atoms with Gasteiger partial charge in [0.05, 0.1) is 17.2 Å². The van der Waals surface area contributed by atoms with Gasteiger partial charge < -0.3 is 4.74 Å². The molecule has 0 radical (unpaired) electrons. The van der Waals surface area contributed by atoms with Gasteiger partial charge in [-0.1, -0.05) is 0 Å². The molecule has 0 amide bonds. The van der Waals surface area contributed by atoms with E-state index in [-0.39, 0.29) is 12.1 Å². The summed E-state index contributed by atoms with van der Waals surface area (Å²) in [5, 5.41) is 3.21. The first-order chi connectivity index (χ1) is 8.24. The molecule has 2 atom stereocenters. The van der Waals surface area contributed by atoms with Crippen LogP contribution in [0.3, 0.4) is 0 Å². The third-order valence-electron chi connectivity index (χ3n) is 3.12. The number of thiazole rings is 1. The summed E-state index contributed by atoms with van der Waals surface area (Å²) in [6.07, 6.45) is 3.62. The number of hydrogen-bond donors (Lipinski definition) is 2. The van der Waals surface area contributed by atoms with Gasteiger partial charge in [-0.15, -0.1) is 11.3 Å². The van der Waals surface area contributed by atoms with Gasteiger partial charge in [0.2, 0.25) is 0 Å². The van der Waals surface area contributed by atoms with Gasteiger partial charge >= 0.3 is 0 Å². The van der Waals surface area contributed by atoms with Crippen molar-refractivity contribution in [1.29, 1.82) is 0 Å². The Morgan fingerprint density at radius 2 is 2.41 bits per heavy atom. The number of ether oxygens (including phenoxy) is 1. The molecule has 0 saturated heterocycles. The molecule has 1 aromatic rings. The van der Waals surface area contributed by atoms with E-state index in [4.69, 9.17) is 10.6 Å². The van der Waals surface area contributed by atoms with Crippen LogP contribution in [-0.2, 0) is 11.2 Å². The molecule has 96 valence electrons. The molecule has 1 aromatic heterocycles. The van der Waals surface area contributed by atoms with E-state index in [1.54, 1.807) is 11.3 Å². The zero-order valence-electron chi connectivity index (χ0n) is 10.5. The van der Waals surface area contributed by atoms with Crippen LogP contribution in [0.5, 0.6) is 0 Å². The van der Waals surface area contributed by atoms with Crippen molar-refractivity contribution in [3.8, 4) is 0 Å². The number of nitrogens with one attached hydrogen (secondary N) is 1. The molecule has 1 aliphatic rings.